The molecule has 2 aromatic carbocycles. The Morgan fingerprint density at radius 2 is 1.89 bits per heavy atom. The zero-order valence-corrected chi connectivity index (χ0v) is 21.2. The molecule has 0 atom stereocenters. The number of furan rings is 1. The van der Waals surface area contributed by atoms with Crippen molar-refractivity contribution in [2.24, 2.45) is 0 Å². The topological polar surface area (TPSA) is 106 Å². The molecule has 8 nitrogen and oxygen atoms in total. The number of ether oxygens (including phenoxy) is 1. The molecule has 1 N–H and O–H groups in total. The van der Waals surface area contributed by atoms with Crippen LogP contribution in [0.5, 0.6) is 0 Å². The largest absolute Gasteiger partial charge is 0.465 e. The van der Waals surface area contributed by atoms with Crippen molar-refractivity contribution in [2.45, 2.75) is 0 Å². The summed E-state index contributed by atoms with van der Waals surface area (Å²) in [5.74, 6) is -0.889. The Hall–Kier alpha value is -3.34. The van der Waals surface area contributed by atoms with Crippen LogP contribution in [0, 0.1) is 0 Å². The van der Waals surface area contributed by atoms with Gasteiger partial charge in [0.05, 0.1) is 22.6 Å². The highest BCUT2D eigenvalue weighted by molar-refractivity contribution is 9.10. The van der Waals surface area contributed by atoms with Crippen LogP contribution in [0.2, 0.25) is 5.02 Å². The number of benzene rings is 2. The monoisotopic (exact) mass is 574 g/mol. The second-order valence-corrected chi connectivity index (χ2v) is 9.53. The zero-order chi connectivity index (χ0) is 25.1. The van der Waals surface area contributed by atoms with Gasteiger partial charge in [-0.25, -0.2) is 4.79 Å². The molecule has 0 bridgehead atoms. The molecule has 3 amide bonds. The predicted molar refractivity (Wildman–Crippen MR) is 136 cm³/mol. The van der Waals surface area contributed by atoms with Gasteiger partial charge in [0.1, 0.15) is 18.1 Å². The number of thioether (sulfide) groups is 1. The standard InChI is InChI=1S/C24H16BrClN2O6S/c1-33-23(31)17-10-15(6-8-18(17)26)27-21(29)12-28-22(30)20(35-24(28)32)11-16-7-9-19(34-16)13-2-4-14(25)5-3-13/h2-11H,12H2,1H3,(H,27,29)/b20-11+. The Bertz CT molecular complexity index is 1370. The SMILES string of the molecule is COC(=O)c1cc(NC(=O)CN2C(=O)S/C(=C/c3ccc(-c4ccc(Br)cc4)o3)C2=O)ccc1Cl. The van der Waals surface area contributed by atoms with Crippen molar-refractivity contribution in [1.29, 1.82) is 0 Å². The Morgan fingerprint density at radius 1 is 1.14 bits per heavy atom. The highest BCUT2D eigenvalue weighted by Gasteiger charge is 2.36. The number of hydrogen-bond acceptors (Lipinski definition) is 7. The van der Waals surface area contributed by atoms with Crippen molar-refractivity contribution in [2.75, 3.05) is 19.0 Å². The molecule has 0 radical (unpaired) electrons. The van der Waals surface area contributed by atoms with E-state index in [1.54, 1.807) is 12.1 Å². The molecule has 3 aromatic rings. The van der Waals surface area contributed by atoms with Crippen molar-refractivity contribution in [3.05, 3.63) is 80.3 Å². The first-order chi connectivity index (χ1) is 16.7. The van der Waals surface area contributed by atoms with Gasteiger partial charge in [-0.3, -0.25) is 19.3 Å². The molecule has 0 unspecified atom stereocenters. The van der Waals surface area contributed by atoms with Gasteiger partial charge in [0.15, 0.2) is 0 Å². The molecule has 0 aliphatic carbocycles. The van der Waals surface area contributed by atoms with Gasteiger partial charge in [0.25, 0.3) is 11.1 Å². The minimum atomic E-state index is -0.664. The van der Waals surface area contributed by atoms with E-state index in [4.69, 9.17) is 16.0 Å². The van der Waals surface area contributed by atoms with Crippen LogP contribution in [0.15, 0.2) is 68.4 Å². The third-order valence-electron chi connectivity index (χ3n) is 4.86. The first kappa shape index (κ1) is 24.8. The number of esters is 1. The van der Waals surface area contributed by atoms with Crippen LogP contribution in [-0.2, 0) is 14.3 Å². The van der Waals surface area contributed by atoms with E-state index in [0.29, 0.717) is 23.3 Å². The summed E-state index contributed by atoms with van der Waals surface area (Å²) in [6.07, 6.45) is 1.47. The summed E-state index contributed by atoms with van der Waals surface area (Å²) in [7, 11) is 1.21. The molecule has 1 fully saturated rings. The van der Waals surface area contributed by atoms with Crippen LogP contribution < -0.4 is 5.32 Å². The lowest BCUT2D eigenvalue weighted by Gasteiger charge is -2.13. The number of imide groups is 1. The molecule has 35 heavy (non-hydrogen) atoms. The smallest absolute Gasteiger partial charge is 0.339 e. The fourth-order valence-corrected chi connectivity index (χ4v) is 4.46. The molecule has 0 saturated carbocycles. The molecular weight excluding hydrogens is 560 g/mol. The summed E-state index contributed by atoms with van der Waals surface area (Å²) in [5, 5.41) is 2.12. The van der Waals surface area contributed by atoms with Crippen LogP contribution in [0.1, 0.15) is 16.1 Å². The summed E-state index contributed by atoms with van der Waals surface area (Å²) in [5.41, 5.74) is 1.19. The lowest BCUT2D eigenvalue weighted by Crippen LogP contribution is -2.36. The third kappa shape index (κ3) is 5.67. The summed E-state index contributed by atoms with van der Waals surface area (Å²) in [6.45, 7) is -0.500. The summed E-state index contributed by atoms with van der Waals surface area (Å²) in [6, 6.07) is 15.3. The number of anilines is 1. The fraction of sp³-hybridized carbons (Fsp3) is 0.0833. The summed E-state index contributed by atoms with van der Waals surface area (Å²) in [4.78, 5) is 50.4. The van der Waals surface area contributed by atoms with Gasteiger partial charge >= 0.3 is 5.97 Å². The van der Waals surface area contributed by atoms with Gasteiger partial charge in [0, 0.05) is 21.8 Å². The molecule has 0 spiro atoms. The second-order valence-electron chi connectivity index (χ2n) is 7.21. The molecular formula is C24H16BrClN2O6S. The zero-order valence-electron chi connectivity index (χ0n) is 18.0. The van der Waals surface area contributed by atoms with Gasteiger partial charge in [-0.2, -0.15) is 0 Å². The van der Waals surface area contributed by atoms with E-state index in [2.05, 4.69) is 26.0 Å². The molecule has 1 saturated heterocycles. The highest BCUT2D eigenvalue weighted by atomic mass is 79.9. The number of halogens is 2. The number of amides is 3. The normalized spacial score (nSPS) is 14.5. The van der Waals surface area contributed by atoms with Crippen LogP contribution in [0.3, 0.4) is 0 Å². The Labute approximate surface area is 217 Å². The molecule has 11 heteroatoms. The van der Waals surface area contributed by atoms with E-state index in [9.17, 15) is 19.2 Å². The molecule has 1 aliphatic heterocycles. The van der Waals surface area contributed by atoms with Gasteiger partial charge in [0.2, 0.25) is 5.91 Å². The number of nitrogens with zero attached hydrogens (tertiary/aromatic N) is 1. The minimum Gasteiger partial charge on any atom is -0.465 e. The second kappa shape index (κ2) is 10.5. The first-order valence-electron chi connectivity index (χ1n) is 10.0. The quantitative estimate of drug-likeness (QED) is 0.291. The number of carbonyl (C=O) groups is 4. The van der Waals surface area contributed by atoms with Crippen molar-refractivity contribution in [1.82, 2.24) is 4.90 Å². The maximum Gasteiger partial charge on any atom is 0.339 e. The van der Waals surface area contributed by atoms with Gasteiger partial charge < -0.3 is 14.5 Å². The van der Waals surface area contributed by atoms with Gasteiger partial charge in [-0.15, -0.1) is 0 Å². The van der Waals surface area contributed by atoms with E-state index in [0.717, 1.165) is 14.9 Å². The van der Waals surface area contributed by atoms with E-state index < -0.39 is 29.6 Å². The maximum absolute atomic E-state index is 12.8. The van der Waals surface area contributed by atoms with E-state index >= 15 is 0 Å². The van der Waals surface area contributed by atoms with Crippen molar-refractivity contribution in [3.63, 3.8) is 0 Å². The first-order valence-corrected chi connectivity index (χ1v) is 12.0. The number of rotatable bonds is 6. The molecule has 178 valence electrons. The van der Waals surface area contributed by atoms with Crippen LogP contribution in [0.25, 0.3) is 17.4 Å². The van der Waals surface area contributed by atoms with E-state index in [1.807, 2.05) is 24.3 Å². The lowest BCUT2D eigenvalue weighted by atomic mass is 10.2. The lowest BCUT2D eigenvalue weighted by molar-refractivity contribution is -0.127. The van der Waals surface area contributed by atoms with Crippen LogP contribution >= 0.6 is 39.3 Å². The summed E-state index contributed by atoms with van der Waals surface area (Å²) >= 11 is 10.1. The molecule has 4 rings (SSSR count). The molecule has 2 heterocycles. The van der Waals surface area contributed by atoms with Crippen LogP contribution in [-0.4, -0.2) is 41.6 Å². The Balaban J connectivity index is 1.44. The predicted octanol–water partition coefficient (Wildman–Crippen LogP) is 5.82. The molecule has 1 aromatic heterocycles. The highest BCUT2D eigenvalue weighted by Crippen LogP contribution is 2.33. The number of carbonyl (C=O) groups excluding carboxylic acids is 4. The maximum atomic E-state index is 12.8. The van der Waals surface area contributed by atoms with Gasteiger partial charge in [-0.05, 0) is 54.2 Å². The molecule has 1 aliphatic rings. The average molecular weight is 576 g/mol. The van der Waals surface area contributed by atoms with Crippen molar-refractivity contribution >= 4 is 74.1 Å². The number of hydrogen-bond donors (Lipinski definition) is 1. The Morgan fingerprint density at radius 3 is 2.60 bits per heavy atom. The van der Waals surface area contributed by atoms with Crippen molar-refractivity contribution in [3.8, 4) is 11.3 Å². The average Bonchev–Trinajstić information content (AvgIpc) is 3.40. The van der Waals surface area contributed by atoms with E-state index in [1.165, 1.54) is 31.4 Å². The van der Waals surface area contributed by atoms with Crippen molar-refractivity contribution < 1.29 is 28.3 Å². The summed E-state index contributed by atoms with van der Waals surface area (Å²) < 4.78 is 11.4. The minimum absolute atomic E-state index is 0.0713. The van der Waals surface area contributed by atoms with Gasteiger partial charge in [-0.1, -0.05) is 39.7 Å². The fourth-order valence-electron chi connectivity index (χ4n) is 3.18. The van der Waals surface area contributed by atoms with Crippen LogP contribution in [0.4, 0.5) is 10.5 Å². The Kier molecular flexibility index (Phi) is 7.44. The van der Waals surface area contributed by atoms with E-state index in [-0.39, 0.29) is 21.2 Å². The number of nitrogens with one attached hydrogen (secondary N) is 1. The number of methoxy groups -OCH3 is 1. The third-order valence-corrected chi connectivity index (χ3v) is 6.63.